The minimum Gasteiger partial charge on any atom is -0.468 e. The van der Waals surface area contributed by atoms with Crippen LogP contribution in [0.4, 0.5) is 0 Å². The topological polar surface area (TPSA) is 80.6 Å². The first-order valence-electron chi connectivity index (χ1n) is 6.48. The molecule has 2 aromatic rings. The third kappa shape index (κ3) is 2.42. The van der Waals surface area contributed by atoms with Crippen LogP contribution in [0.15, 0.2) is 46.0 Å². The van der Waals surface area contributed by atoms with Crippen LogP contribution in [0.3, 0.4) is 0 Å². The van der Waals surface area contributed by atoms with Crippen molar-refractivity contribution in [3.63, 3.8) is 0 Å². The van der Waals surface area contributed by atoms with Crippen LogP contribution < -0.4 is 11.1 Å². The maximum atomic E-state index is 11.2. The molecule has 1 aliphatic rings. The van der Waals surface area contributed by atoms with Crippen LogP contribution in [0.1, 0.15) is 27.2 Å². The molecule has 0 aliphatic carbocycles. The summed E-state index contributed by atoms with van der Waals surface area (Å²) in [5.74, 6) is 1.07. The number of carbonyl (C=O) groups excluding carboxylic acids is 1. The largest absolute Gasteiger partial charge is 0.468 e. The SMILES string of the molecule is NC(=O)c1ccoc1Cc1ccc(C2=NCCN2)cc1. The number of aliphatic imine (C=N–C) groups is 1. The smallest absolute Gasteiger partial charge is 0.252 e. The molecule has 1 aliphatic heterocycles. The Morgan fingerprint density at radius 3 is 2.75 bits per heavy atom. The van der Waals surface area contributed by atoms with Crippen LogP contribution in [0, 0.1) is 0 Å². The molecule has 0 fully saturated rings. The molecule has 0 unspecified atom stereocenters. The van der Waals surface area contributed by atoms with Crippen LogP contribution in [0.5, 0.6) is 0 Å². The number of hydrogen-bond donors (Lipinski definition) is 2. The van der Waals surface area contributed by atoms with Gasteiger partial charge in [0, 0.05) is 18.5 Å². The van der Waals surface area contributed by atoms with Crippen LogP contribution in [0.25, 0.3) is 0 Å². The summed E-state index contributed by atoms with van der Waals surface area (Å²) in [7, 11) is 0. The molecule has 1 aromatic carbocycles. The maximum Gasteiger partial charge on any atom is 0.252 e. The van der Waals surface area contributed by atoms with Crippen molar-refractivity contribution in [2.24, 2.45) is 10.7 Å². The second kappa shape index (κ2) is 5.21. The molecule has 0 bridgehead atoms. The van der Waals surface area contributed by atoms with E-state index >= 15 is 0 Å². The van der Waals surface area contributed by atoms with Gasteiger partial charge in [0.25, 0.3) is 5.91 Å². The minimum atomic E-state index is -0.463. The highest BCUT2D eigenvalue weighted by Crippen LogP contribution is 2.16. The first-order valence-corrected chi connectivity index (χ1v) is 6.48. The number of amidine groups is 1. The lowest BCUT2D eigenvalue weighted by molar-refractivity contribution is 0.0998. The lowest BCUT2D eigenvalue weighted by Crippen LogP contribution is -2.19. The quantitative estimate of drug-likeness (QED) is 0.878. The van der Waals surface area contributed by atoms with Crippen molar-refractivity contribution in [2.45, 2.75) is 6.42 Å². The zero-order valence-electron chi connectivity index (χ0n) is 10.9. The van der Waals surface area contributed by atoms with Crippen molar-refractivity contribution >= 4 is 11.7 Å². The third-order valence-electron chi connectivity index (χ3n) is 3.28. The van der Waals surface area contributed by atoms with E-state index in [1.54, 1.807) is 6.07 Å². The van der Waals surface area contributed by atoms with Gasteiger partial charge in [-0.05, 0) is 11.6 Å². The van der Waals surface area contributed by atoms with Crippen LogP contribution in [-0.4, -0.2) is 24.8 Å². The summed E-state index contributed by atoms with van der Waals surface area (Å²) in [4.78, 5) is 15.6. The highest BCUT2D eigenvalue weighted by Gasteiger charge is 2.12. The molecule has 1 amide bonds. The Bertz CT molecular complexity index is 656. The van der Waals surface area contributed by atoms with E-state index in [9.17, 15) is 4.79 Å². The number of rotatable bonds is 4. The summed E-state index contributed by atoms with van der Waals surface area (Å²) in [5, 5.41) is 3.23. The highest BCUT2D eigenvalue weighted by molar-refractivity contribution is 5.99. The van der Waals surface area contributed by atoms with Gasteiger partial charge < -0.3 is 15.5 Å². The van der Waals surface area contributed by atoms with Crippen molar-refractivity contribution < 1.29 is 9.21 Å². The van der Waals surface area contributed by atoms with E-state index in [0.717, 1.165) is 30.1 Å². The molecule has 20 heavy (non-hydrogen) atoms. The molecule has 0 radical (unpaired) electrons. The van der Waals surface area contributed by atoms with E-state index in [2.05, 4.69) is 10.3 Å². The first-order chi connectivity index (χ1) is 9.74. The van der Waals surface area contributed by atoms with Crippen LogP contribution in [-0.2, 0) is 6.42 Å². The Morgan fingerprint density at radius 1 is 1.30 bits per heavy atom. The van der Waals surface area contributed by atoms with E-state index in [1.807, 2.05) is 24.3 Å². The molecular formula is C15H15N3O2. The van der Waals surface area contributed by atoms with E-state index in [-0.39, 0.29) is 0 Å². The number of nitrogens with one attached hydrogen (secondary N) is 1. The molecule has 3 rings (SSSR count). The van der Waals surface area contributed by atoms with Gasteiger partial charge in [-0.25, -0.2) is 0 Å². The molecule has 3 N–H and O–H groups in total. The standard InChI is InChI=1S/C15H15N3O2/c16-14(19)12-5-8-20-13(12)9-10-1-3-11(4-2-10)15-17-6-7-18-15/h1-5,8H,6-7,9H2,(H2,16,19)(H,17,18). The third-order valence-corrected chi connectivity index (χ3v) is 3.28. The number of hydrogen-bond acceptors (Lipinski definition) is 4. The summed E-state index contributed by atoms with van der Waals surface area (Å²) in [5.41, 5.74) is 7.87. The van der Waals surface area contributed by atoms with Gasteiger partial charge in [0.15, 0.2) is 0 Å². The fourth-order valence-electron chi connectivity index (χ4n) is 2.25. The average Bonchev–Trinajstić information content (AvgIpc) is 3.10. The van der Waals surface area contributed by atoms with Gasteiger partial charge in [-0.3, -0.25) is 9.79 Å². The van der Waals surface area contributed by atoms with E-state index in [0.29, 0.717) is 17.7 Å². The Balaban J connectivity index is 1.78. The van der Waals surface area contributed by atoms with Crippen LogP contribution >= 0.6 is 0 Å². The minimum absolute atomic E-state index is 0.441. The van der Waals surface area contributed by atoms with Gasteiger partial charge in [0.1, 0.15) is 11.6 Å². The average molecular weight is 269 g/mol. The fraction of sp³-hybridized carbons (Fsp3) is 0.200. The van der Waals surface area contributed by atoms with Crippen molar-refractivity contribution in [2.75, 3.05) is 13.1 Å². The van der Waals surface area contributed by atoms with Gasteiger partial charge >= 0.3 is 0 Å². The van der Waals surface area contributed by atoms with Crippen LogP contribution in [0.2, 0.25) is 0 Å². The predicted octanol–water partition coefficient (Wildman–Crippen LogP) is 1.32. The molecule has 2 heterocycles. The molecule has 0 spiro atoms. The molecule has 0 saturated heterocycles. The van der Waals surface area contributed by atoms with Gasteiger partial charge in [0.05, 0.1) is 18.4 Å². The van der Waals surface area contributed by atoms with Gasteiger partial charge in [0.2, 0.25) is 0 Å². The number of primary amides is 1. The van der Waals surface area contributed by atoms with Crippen molar-refractivity contribution in [1.29, 1.82) is 0 Å². The van der Waals surface area contributed by atoms with Gasteiger partial charge in [-0.2, -0.15) is 0 Å². The van der Waals surface area contributed by atoms with Gasteiger partial charge in [-0.1, -0.05) is 24.3 Å². The molecule has 0 saturated carbocycles. The van der Waals surface area contributed by atoms with Gasteiger partial charge in [-0.15, -0.1) is 0 Å². The van der Waals surface area contributed by atoms with Crippen molar-refractivity contribution in [3.8, 4) is 0 Å². The number of furan rings is 1. The summed E-state index contributed by atoms with van der Waals surface area (Å²) >= 11 is 0. The monoisotopic (exact) mass is 269 g/mol. The highest BCUT2D eigenvalue weighted by atomic mass is 16.3. The van der Waals surface area contributed by atoms with E-state index in [1.165, 1.54) is 6.26 Å². The Hall–Kier alpha value is -2.56. The lowest BCUT2D eigenvalue weighted by atomic mass is 10.1. The number of amides is 1. The number of nitrogens with two attached hydrogens (primary N) is 1. The molecule has 0 atom stereocenters. The Kier molecular flexibility index (Phi) is 3.25. The normalized spacial score (nSPS) is 13.9. The fourth-order valence-corrected chi connectivity index (χ4v) is 2.25. The summed E-state index contributed by atoms with van der Waals surface area (Å²) in [6.07, 6.45) is 2.03. The first kappa shape index (κ1) is 12.5. The zero-order chi connectivity index (χ0) is 13.9. The maximum absolute atomic E-state index is 11.2. The summed E-state index contributed by atoms with van der Waals surface area (Å²) < 4.78 is 5.32. The number of nitrogens with zero attached hydrogens (tertiary/aromatic N) is 1. The number of benzene rings is 1. The summed E-state index contributed by atoms with van der Waals surface area (Å²) in [6, 6.07) is 9.64. The number of carbonyl (C=O) groups is 1. The molecule has 1 aromatic heterocycles. The second-order valence-corrected chi connectivity index (χ2v) is 4.65. The lowest BCUT2D eigenvalue weighted by Gasteiger charge is -2.04. The molecular weight excluding hydrogens is 254 g/mol. The van der Waals surface area contributed by atoms with E-state index < -0.39 is 5.91 Å². The second-order valence-electron chi connectivity index (χ2n) is 4.65. The zero-order valence-corrected chi connectivity index (χ0v) is 10.9. The van der Waals surface area contributed by atoms with Crippen molar-refractivity contribution in [3.05, 3.63) is 59.0 Å². The van der Waals surface area contributed by atoms with E-state index in [4.69, 9.17) is 10.2 Å². The molecule has 102 valence electrons. The predicted molar refractivity (Wildman–Crippen MR) is 75.9 cm³/mol. The molecule has 5 heteroatoms. The Morgan fingerprint density at radius 2 is 2.10 bits per heavy atom. The summed E-state index contributed by atoms with van der Waals surface area (Å²) in [6.45, 7) is 1.72. The van der Waals surface area contributed by atoms with Crippen molar-refractivity contribution in [1.82, 2.24) is 5.32 Å². The molecule has 5 nitrogen and oxygen atoms in total. The Labute approximate surface area is 116 Å².